The van der Waals surface area contributed by atoms with Crippen molar-refractivity contribution < 1.29 is 9.15 Å². The van der Waals surface area contributed by atoms with E-state index in [1.165, 1.54) is 12.0 Å². The molecule has 2 heterocycles. The first-order valence-electron chi connectivity index (χ1n) is 9.22. The first-order valence-corrected chi connectivity index (χ1v) is 9.22. The van der Waals surface area contributed by atoms with Crippen LogP contribution in [-0.2, 0) is 17.7 Å². The highest BCUT2D eigenvalue weighted by Gasteiger charge is 2.37. The van der Waals surface area contributed by atoms with Gasteiger partial charge in [-0.15, -0.1) is 0 Å². The highest BCUT2D eigenvalue weighted by Crippen LogP contribution is 2.39. The van der Waals surface area contributed by atoms with Gasteiger partial charge in [-0.3, -0.25) is 0 Å². The van der Waals surface area contributed by atoms with E-state index in [-0.39, 0.29) is 5.60 Å². The van der Waals surface area contributed by atoms with Gasteiger partial charge in [-0.05, 0) is 31.4 Å². The SMILES string of the molecule is CCCCc1cc(C2=CC(=NCc3ccccc3)OC2(C)CC)co1. The third-order valence-electron chi connectivity index (χ3n) is 4.84. The number of benzene rings is 1. The Morgan fingerprint density at radius 2 is 1.92 bits per heavy atom. The van der Waals surface area contributed by atoms with Gasteiger partial charge in [0.1, 0.15) is 11.4 Å². The van der Waals surface area contributed by atoms with Crippen molar-refractivity contribution in [2.45, 2.75) is 58.6 Å². The maximum absolute atomic E-state index is 6.19. The van der Waals surface area contributed by atoms with Gasteiger partial charge in [0, 0.05) is 23.6 Å². The van der Waals surface area contributed by atoms with Gasteiger partial charge in [0.2, 0.25) is 5.90 Å². The Bertz CT molecular complexity index is 757. The minimum atomic E-state index is -0.346. The Hall–Kier alpha value is -2.29. The van der Waals surface area contributed by atoms with Crippen molar-refractivity contribution >= 4 is 11.5 Å². The molecule has 1 aliphatic rings. The van der Waals surface area contributed by atoms with Crippen molar-refractivity contribution in [2.24, 2.45) is 4.99 Å². The Balaban J connectivity index is 1.81. The average Bonchev–Trinajstić information content (AvgIpc) is 3.23. The number of hydrogen-bond donors (Lipinski definition) is 0. The Labute approximate surface area is 150 Å². The fourth-order valence-electron chi connectivity index (χ4n) is 3.08. The van der Waals surface area contributed by atoms with Crippen LogP contribution in [-0.4, -0.2) is 11.5 Å². The zero-order chi connectivity index (χ0) is 17.7. The van der Waals surface area contributed by atoms with E-state index in [9.17, 15) is 0 Å². The molecule has 1 unspecified atom stereocenters. The van der Waals surface area contributed by atoms with Gasteiger partial charge < -0.3 is 9.15 Å². The van der Waals surface area contributed by atoms with Crippen molar-refractivity contribution in [1.82, 2.24) is 0 Å². The van der Waals surface area contributed by atoms with Gasteiger partial charge in [0.15, 0.2) is 0 Å². The van der Waals surface area contributed by atoms with Crippen molar-refractivity contribution in [3.8, 4) is 0 Å². The molecule has 0 radical (unpaired) electrons. The van der Waals surface area contributed by atoms with E-state index in [2.05, 4.69) is 50.0 Å². The predicted octanol–water partition coefficient (Wildman–Crippen LogP) is 5.80. The molecule has 2 aromatic rings. The van der Waals surface area contributed by atoms with E-state index in [0.29, 0.717) is 12.4 Å². The summed E-state index contributed by atoms with van der Waals surface area (Å²) >= 11 is 0. The molecule has 0 aliphatic carbocycles. The topological polar surface area (TPSA) is 34.7 Å². The molecule has 1 atom stereocenters. The van der Waals surface area contributed by atoms with Crippen molar-refractivity contribution in [3.05, 3.63) is 65.6 Å². The van der Waals surface area contributed by atoms with Gasteiger partial charge >= 0.3 is 0 Å². The van der Waals surface area contributed by atoms with E-state index in [4.69, 9.17) is 9.15 Å². The summed E-state index contributed by atoms with van der Waals surface area (Å²) in [6.45, 7) is 7.10. The highest BCUT2D eigenvalue weighted by atomic mass is 16.5. The standard InChI is InChI=1S/C22H27NO2/c1-4-6-12-19-13-18(16-24-19)20-14-21(25-22(20,3)5-2)23-15-17-10-8-7-9-11-17/h7-11,13-14,16H,4-6,12,15H2,1-3H3. The van der Waals surface area contributed by atoms with E-state index < -0.39 is 0 Å². The van der Waals surface area contributed by atoms with Crippen LogP contribution in [0.5, 0.6) is 0 Å². The van der Waals surface area contributed by atoms with Crippen LogP contribution in [0.4, 0.5) is 0 Å². The fourth-order valence-corrected chi connectivity index (χ4v) is 3.08. The lowest BCUT2D eigenvalue weighted by atomic mass is 9.90. The molecule has 0 bridgehead atoms. The van der Waals surface area contributed by atoms with Crippen LogP contribution in [0, 0.1) is 0 Å². The summed E-state index contributed by atoms with van der Waals surface area (Å²) in [6.07, 6.45) is 8.12. The second-order valence-electron chi connectivity index (χ2n) is 6.79. The number of aryl methyl sites for hydroxylation is 1. The second kappa shape index (κ2) is 7.73. The van der Waals surface area contributed by atoms with Crippen LogP contribution in [0.2, 0.25) is 0 Å². The van der Waals surface area contributed by atoms with Gasteiger partial charge in [-0.2, -0.15) is 0 Å². The first-order chi connectivity index (χ1) is 12.1. The number of aliphatic imine (C=N–C) groups is 1. The van der Waals surface area contributed by atoms with Crippen LogP contribution in [0.25, 0.3) is 5.57 Å². The minimum Gasteiger partial charge on any atom is -0.469 e. The molecule has 1 aromatic carbocycles. The zero-order valence-corrected chi connectivity index (χ0v) is 15.4. The maximum Gasteiger partial charge on any atom is 0.210 e. The molecule has 1 aliphatic heterocycles. The second-order valence-corrected chi connectivity index (χ2v) is 6.79. The van der Waals surface area contributed by atoms with Crippen LogP contribution in [0.3, 0.4) is 0 Å². The van der Waals surface area contributed by atoms with E-state index >= 15 is 0 Å². The number of rotatable bonds is 7. The largest absolute Gasteiger partial charge is 0.469 e. The molecule has 0 fully saturated rings. The molecule has 3 heteroatoms. The molecule has 0 spiro atoms. The molecule has 25 heavy (non-hydrogen) atoms. The van der Waals surface area contributed by atoms with Crippen LogP contribution >= 0.6 is 0 Å². The third kappa shape index (κ3) is 4.04. The quantitative estimate of drug-likeness (QED) is 0.639. The van der Waals surface area contributed by atoms with Gasteiger partial charge in [0.25, 0.3) is 0 Å². The molecule has 132 valence electrons. The lowest BCUT2D eigenvalue weighted by Gasteiger charge is -2.25. The molecule has 3 nitrogen and oxygen atoms in total. The van der Waals surface area contributed by atoms with E-state index in [1.54, 1.807) is 0 Å². The molecule has 0 N–H and O–H groups in total. The maximum atomic E-state index is 6.19. The summed E-state index contributed by atoms with van der Waals surface area (Å²) in [5.74, 6) is 1.75. The van der Waals surface area contributed by atoms with Crippen molar-refractivity contribution in [3.63, 3.8) is 0 Å². The number of hydrogen-bond acceptors (Lipinski definition) is 3. The average molecular weight is 337 g/mol. The monoisotopic (exact) mass is 337 g/mol. The number of ether oxygens (including phenoxy) is 1. The summed E-state index contributed by atoms with van der Waals surface area (Å²) in [6, 6.07) is 12.4. The minimum absolute atomic E-state index is 0.346. The molecule has 0 saturated carbocycles. The summed E-state index contributed by atoms with van der Waals surface area (Å²) in [5.41, 5.74) is 3.11. The molecule has 0 amide bonds. The number of unbranched alkanes of at least 4 members (excludes halogenated alkanes) is 1. The van der Waals surface area contributed by atoms with Gasteiger partial charge in [-0.1, -0.05) is 50.6 Å². The Morgan fingerprint density at radius 3 is 2.64 bits per heavy atom. The predicted molar refractivity (Wildman–Crippen MR) is 103 cm³/mol. The highest BCUT2D eigenvalue weighted by molar-refractivity contribution is 6.01. The lowest BCUT2D eigenvalue weighted by molar-refractivity contribution is 0.144. The molecule has 1 aromatic heterocycles. The smallest absolute Gasteiger partial charge is 0.210 e. The summed E-state index contributed by atoms with van der Waals surface area (Å²) in [5, 5.41) is 0. The van der Waals surface area contributed by atoms with Crippen molar-refractivity contribution in [1.29, 1.82) is 0 Å². The summed E-state index contributed by atoms with van der Waals surface area (Å²) < 4.78 is 11.9. The van der Waals surface area contributed by atoms with Gasteiger partial charge in [-0.25, -0.2) is 4.99 Å². The molecule has 0 saturated heterocycles. The fraction of sp³-hybridized carbons (Fsp3) is 0.409. The number of nitrogens with zero attached hydrogens (tertiary/aromatic N) is 1. The Morgan fingerprint density at radius 1 is 1.12 bits per heavy atom. The van der Waals surface area contributed by atoms with Crippen LogP contribution < -0.4 is 0 Å². The van der Waals surface area contributed by atoms with E-state index in [1.807, 2.05) is 24.5 Å². The zero-order valence-electron chi connectivity index (χ0n) is 15.4. The van der Waals surface area contributed by atoms with E-state index in [0.717, 1.165) is 36.2 Å². The third-order valence-corrected chi connectivity index (χ3v) is 4.84. The van der Waals surface area contributed by atoms with Crippen LogP contribution in [0.15, 0.2) is 58.1 Å². The summed E-state index contributed by atoms with van der Waals surface area (Å²) in [4.78, 5) is 4.66. The number of furan rings is 1. The Kier molecular flexibility index (Phi) is 5.42. The molecule has 3 rings (SSSR count). The first kappa shape index (κ1) is 17.5. The van der Waals surface area contributed by atoms with Crippen molar-refractivity contribution in [2.75, 3.05) is 0 Å². The lowest BCUT2D eigenvalue weighted by Crippen LogP contribution is -2.26. The summed E-state index contributed by atoms with van der Waals surface area (Å²) in [7, 11) is 0. The molecular weight excluding hydrogens is 310 g/mol. The normalized spacial score (nSPS) is 21.4. The molecular formula is C22H27NO2. The van der Waals surface area contributed by atoms with Crippen LogP contribution in [0.1, 0.15) is 56.9 Å². The van der Waals surface area contributed by atoms with Gasteiger partial charge in [0.05, 0.1) is 12.8 Å².